The lowest BCUT2D eigenvalue weighted by molar-refractivity contribution is 0.137. The predicted octanol–water partition coefficient (Wildman–Crippen LogP) is 3.27. The topological polar surface area (TPSA) is 35.8 Å². The number of hydrogen-bond acceptors (Lipinski definition) is 2. The molecule has 2 aliphatic rings. The van der Waals surface area contributed by atoms with Crippen molar-refractivity contribution in [2.45, 2.75) is 57.0 Å². The van der Waals surface area contributed by atoms with Crippen LogP contribution >= 0.6 is 11.6 Å². The van der Waals surface area contributed by atoms with Gasteiger partial charge >= 0.3 is 0 Å². The Kier molecular flexibility index (Phi) is 4.10. The first-order chi connectivity index (χ1) is 7.72. The second-order valence-electron chi connectivity index (χ2n) is 5.42. The Morgan fingerprint density at radius 3 is 2.56 bits per heavy atom. The number of hydrogen-bond donors (Lipinski definition) is 1. The zero-order valence-corrected chi connectivity index (χ0v) is 10.7. The van der Waals surface area contributed by atoms with Crippen molar-refractivity contribution in [3.63, 3.8) is 0 Å². The fraction of sp³-hybridized carbons (Fsp3) is 0.923. The molecule has 1 aliphatic heterocycles. The molecule has 1 saturated carbocycles. The minimum atomic E-state index is -0.00324. The van der Waals surface area contributed by atoms with Crippen LogP contribution in [0.3, 0.4) is 0 Å². The van der Waals surface area contributed by atoms with E-state index in [0.29, 0.717) is 17.9 Å². The molecule has 0 amide bonds. The fourth-order valence-electron chi connectivity index (χ4n) is 3.42. The molecule has 0 spiro atoms. The Balaban J connectivity index is 2.07. The summed E-state index contributed by atoms with van der Waals surface area (Å²) in [6, 6.07) is 2.87. The van der Waals surface area contributed by atoms with Crippen molar-refractivity contribution < 1.29 is 0 Å². The van der Waals surface area contributed by atoms with E-state index in [1.807, 2.05) is 0 Å². The van der Waals surface area contributed by atoms with Gasteiger partial charge in [0.15, 0.2) is 0 Å². The summed E-state index contributed by atoms with van der Waals surface area (Å²) < 4.78 is 0. The normalized spacial score (nSPS) is 41.6. The molecule has 2 nitrogen and oxygen atoms in total. The predicted molar refractivity (Wildman–Crippen MR) is 66.0 cm³/mol. The maximum absolute atomic E-state index is 9.29. The van der Waals surface area contributed by atoms with Gasteiger partial charge in [-0.2, -0.15) is 5.26 Å². The van der Waals surface area contributed by atoms with Gasteiger partial charge < -0.3 is 0 Å². The average molecular weight is 241 g/mol. The summed E-state index contributed by atoms with van der Waals surface area (Å²) in [4.78, 5) is 0. The van der Waals surface area contributed by atoms with Gasteiger partial charge in [0.2, 0.25) is 0 Å². The third-order valence-electron chi connectivity index (χ3n) is 4.21. The summed E-state index contributed by atoms with van der Waals surface area (Å²) >= 11 is 6.42. The Morgan fingerprint density at radius 1 is 1.25 bits per heavy atom. The smallest absolute Gasteiger partial charge is 0.0871 e. The van der Waals surface area contributed by atoms with Crippen LogP contribution in [0, 0.1) is 29.1 Å². The van der Waals surface area contributed by atoms with Gasteiger partial charge in [0, 0.05) is 12.0 Å². The van der Waals surface area contributed by atoms with Crippen molar-refractivity contribution in [2.24, 2.45) is 17.8 Å². The van der Waals surface area contributed by atoms with E-state index in [4.69, 9.17) is 11.6 Å². The quantitative estimate of drug-likeness (QED) is 0.564. The van der Waals surface area contributed by atoms with Crippen LogP contribution in [0.25, 0.3) is 0 Å². The molecule has 0 bridgehead atoms. The van der Waals surface area contributed by atoms with Gasteiger partial charge in [-0.25, -0.2) is 0 Å². The van der Waals surface area contributed by atoms with E-state index < -0.39 is 0 Å². The Bertz CT molecular complexity index is 268. The highest BCUT2D eigenvalue weighted by atomic mass is 35.5. The number of nitriles is 1. The standard InChI is InChI=1S/C13H21ClN2/c1-9-7-11(8-15)12(13(14)16-9)10-5-3-2-4-6-10/h9-13,16H,2-7H2,1H3. The molecule has 16 heavy (non-hydrogen) atoms. The van der Waals surface area contributed by atoms with E-state index in [2.05, 4.69) is 18.3 Å². The van der Waals surface area contributed by atoms with Gasteiger partial charge in [-0.15, -0.1) is 11.6 Å². The zero-order valence-electron chi connectivity index (χ0n) is 9.95. The summed E-state index contributed by atoms with van der Waals surface area (Å²) in [5.74, 6) is 1.19. The monoisotopic (exact) mass is 240 g/mol. The zero-order chi connectivity index (χ0) is 11.5. The summed E-state index contributed by atoms with van der Waals surface area (Å²) in [5.41, 5.74) is -0.00324. The van der Waals surface area contributed by atoms with Crippen molar-refractivity contribution in [3.8, 4) is 6.07 Å². The highest BCUT2D eigenvalue weighted by Gasteiger charge is 2.40. The van der Waals surface area contributed by atoms with E-state index in [9.17, 15) is 5.26 Å². The summed E-state index contributed by atoms with van der Waals surface area (Å²) in [5, 5.41) is 12.7. The van der Waals surface area contributed by atoms with Crippen LogP contribution in [0.1, 0.15) is 45.4 Å². The van der Waals surface area contributed by atoms with Gasteiger partial charge in [-0.3, -0.25) is 5.32 Å². The van der Waals surface area contributed by atoms with Gasteiger partial charge in [0.25, 0.3) is 0 Å². The molecular weight excluding hydrogens is 220 g/mol. The SMILES string of the molecule is CC1CC(C#N)C(C2CCCCC2)C(Cl)N1. The first kappa shape index (κ1) is 12.2. The molecule has 1 aliphatic carbocycles. The van der Waals surface area contributed by atoms with Crippen LogP contribution in [0.15, 0.2) is 0 Å². The van der Waals surface area contributed by atoms with Crippen molar-refractivity contribution in [2.75, 3.05) is 0 Å². The first-order valence-electron chi connectivity index (χ1n) is 6.52. The molecule has 4 unspecified atom stereocenters. The second-order valence-corrected chi connectivity index (χ2v) is 5.89. The Hall–Kier alpha value is -0.260. The van der Waals surface area contributed by atoms with Crippen molar-refractivity contribution >= 4 is 11.6 Å². The maximum Gasteiger partial charge on any atom is 0.0871 e. The lowest BCUT2D eigenvalue weighted by Crippen LogP contribution is -2.50. The van der Waals surface area contributed by atoms with Gasteiger partial charge in [-0.1, -0.05) is 32.1 Å². The van der Waals surface area contributed by atoms with Gasteiger partial charge in [-0.05, 0) is 19.3 Å². The van der Waals surface area contributed by atoms with Crippen LogP contribution in [-0.2, 0) is 0 Å². The van der Waals surface area contributed by atoms with Crippen LogP contribution in [0.4, 0.5) is 0 Å². The first-order valence-corrected chi connectivity index (χ1v) is 6.95. The molecule has 1 saturated heterocycles. The third-order valence-corrected chi connectivity index (χ3v) is 4.63. The van der Waals surface area contributed by atoms with Crippen molar-refractivity contribution in [3.05, 3.63) is 0 Å². The highest BCUT2D eigenvalue weighted by molar-refractivity contribution is 6.20. The molecule has 0 aromatic rings. The number of nitrogens with zero attached hydrogens (tertiary/aromatic N) is 1. The van der Waals surface area contributed by atoms with Crippen LogP contribution in [-0.4, -0.2) is 11.5 Å². The second kappa shape index (κ2) is 5.38. The average Bonchev–Trinajstić information content (AvgIpc) is 2.29. The third kappa shape index (κ3) is 2.52. The molecule has 2 rings (SSSR count). The van der Waals surface area contributed by atoms with E-state index >= 15 is 0 Å². The fourth-order valence-corrected chi connectivity index (χ4v) is 4.01. The minimum Gasteiger partial charge on any atom is -0.298 e. The molecule has 1 N–H and O–H groups in total. The summed E-state index contributed by atoms with van der Waals surface area (Å²) in [6.07, 6.45) is 7.49. The Morgan fingerprint density at radius 2 is 1.94 bits per heavy atom. The lowest BCUT2D eigenvalue weighted by Gasteiger charge is -2.41. The number of nitrogens with one attached hydrogen (secondary N) is 1. The van der Waals surface area contributed by atoms with Gasteiger partial charge in [0.05, 0.1) is 17.5 Å². The number of piperidine rings is 1. The Labute approximate surface area is 103 Å². The van der Waals surface area contributed by atoms with Crippen molar-refractivity contribution in [1.82, 2.24) is 5.32 Å². The molecule has 0 radical (unpaired) electrons. The van der Waals surface area contributed by atoms with E-state index in [1.54, 1.807) is 0 Å². The molecule has 0 aromatic carbocycles. The molecule has 1 heterocycles. The number of rotatable bonds is 1. The number of alkyl halides is 1. The van der Waals surface area contributed by atoms with E-state index in [1.165, 1.54) is 32.1 Å². The molecule has 4 atom stereocenters. The summed E-state index contributed by atoms with van der Waals surface area (Å²) in [7, 11) is 0. The summed E-state index contributed by atoms with van der Waals surface area (Å²) in [6.45, 7) is 2.12. The minimum absolute atomic E-state index is 0.00324. The van der Waals surface area contributed by atoms with E-state index in [0.717, 1.165) is 6.42 Å². The number of halogens is 1. The van der Waals surface area contributed by atoms with Crippen LogP contribution < -0.4 is 5.32 Å². The van der Waals surface area contributed by atoms with E-state index in [-0.39, 0.29) is 11.4 Å². The highest BCUT2D eigenvalue weighted by Crippen LogP contribution is 2.40. The molecule has 90 valence electrons. The van der Waals surface area contributed by atoms with Crippen LogP contribution in [0.5, 0.6) is 0 Å². The lowest BCUT2D eigenvalue weighted by atomic mass is 9.71. The maximum atomic E-state index is 9.29. The molecule has 2 fully saturated rings. The van der Waals surface area contributed by atoms with Crippen LogP contribution in [0.2, 0.25) is 0 Å². The molecular formula is C13H21ClN2. The van der Waals surface area contributed by atoms with Gasteiger partial charge in [0.1, 0.15) is 0 Å². The molecule has 3 heteroatoms. The molecule has 0 aromatic heterocycles. The van der Waals surface area contributed by atoms with Crippen molar-refractivity contribution in [1.29, 1.82) is 5.26 Å². The largest absolute Gasteiger partial charge is 0.298 e.